The third-order valence-electron chi connectivity index (χ3n) is 5.42. The molecule has 2 amide bonds. The number of hydrogen-bond donors (Lipinski definition) is 2. The number of rotatable bonds is 11. The maximum Gasteiger partial charge on any atom is 0.262 e. The van der Waals surface area contributed by atoms with E-state index in [1.54, 1.807) is 22.8 Å². The van der Waals surface area contributed by atoms with Gasteiger partial charge in [-0.15, -0.1) is 0 Å². The fourth-order valence-electron chi connectivity index (χ4n) is 3.84. The summed E-state index contributed by atoms with van der Waals surface area (Å²) in [5, 5.41) is 6.53. The first-order valence-electron chi connectivity index (χ1n) is 11.6. The van der Waals surface area contributed by atoms with Gasteiger partial charge in [-0.2, -0.15) is 0 Å². The molecule has 2 N–H and O–H groups in total. The first-order valence-corrected chi connectivity index (χ1v) is 12.6. The van der Waals surface area contributed by atoms with Gasteiger partial charge in [-0.1, -0.05) is 41.6 Å². The molecule has 186 valence electrons. The number of thioether (sulfide) groups is 1. The molecule has 35 heavy (non-hydrogen) atoms. The fourth-order valence-corrected chi connectivity index (χ4v) is 4.70. The van der Waals surface area contributed by atoms with E-state index in [0.29, 0.717) is 42.2 Å². The molecular weight excluding hydrogens is 464 g/mol. The van der Waals surface area contributed by atoms with Crippen molar-refractivity contribution in [3.05, 3.63) is 63.4 Å². The minimum Gasteiger partial charge on any atom is -0.382 e. The lowest BCUT2D eigenvalue weighted by Crippen LogP contribution is -2.34. The fraction of sp³-hybridized carbons (Fsp3) is 0.385. The van der Waals surface area contributed by atoms with Gasteiger partial charge in [-0.3, -0.25) is 19.0 Å². The van der Waals surface area contributed by atoms with Crippen LogP contribution in [0.25, 0.3) is 10.9 Å². The zero-order valence-electron chi connectivity index (χ0n) is 20.6. The van der Waals surface area contributed by atoms with Crippen molar-refractivity contribution in [2.45, 2.75) is 45.8 Å². The predicted octanol–water partition coefficient (Wildman–Crippen LogP) is 3.60. The highest BCUT2D eigenvalue weighted by Crippen LogP contribution is 2.22. The summed E-state index contributed by atoms with van der Waals surface area (Å²) in [6, 6.07) is 11.2. The number of benzene rings is 2. The van der Waals surface area contributed by atoms with E-state index in [-0.39, 0.29) is 29.7 Å². The minimum atomic E-state index is -0.314. The average molecular weight is 497 g/mol. The van der Waals surface area contributed by atoms with E-state index in [4.69, 9.17) is 4.74 Å². The van der Waals surface area contributed by atoms with Crippen molar-refractivity contribution in [2.75, 3.05) is 30.8 Å². The molecule has 0 aliphatic heterocycles. The van der Waals surface area contributed by atoms with E-state index in [1.165, 1.54) is 11.8 Å². The van der Waals surface area contributed by atoms with E-state index < -0.39 is 0 Å². The van der Waals surface area contributed by atoms with Crippen molar-refractivity contribution in [1.29, 1.82) is 0 Å². The van der Waals surface area contributed by atoms with Crippen LogP contribution in [0.1, 0.15) is 30.0 Å². The van der Waals surface area contributed by atoms with E-state index >= 15 is 0 Å². The number of nitrogens with one attached hydrogen (secondary N) is 2. The molecule has 0 fully saturated rings. The van der Waals surface area contributed by atoms with Gasteiger partial charge in [0, 0.05) is 25.4 Å². The van der Waals surface area contributed by atoms with Gasteiger partial charge >= 0.3 is 0 Å². The summed E-state index contributed by atoms with van der Waals surface area (Å²) in [5.41, 5.74) is 4.29. The Morgan fingerprint density at radius 2 is 1.80 bits per heavy atom. The molecule has 0 spiro atoms. The van der Waals surface area contributed by atoms with Crippen molar-refractivity contribution in [1.82, 2.24) is 14.9 Å². The summed E-state index contributed by atoms with van der Waals surface area (Å²) in [4.78, 5) is 42.5. The van der Waals surface area contributed by atoms with Crippen LogP contribution in [0.2, 0.25) is 0 Å². The molecule has 1 aromatic heterocycles. The minimum absolute atomic E-state index is 0.0338. The molecule has 0 saturated heterocycles. The van der Waals surface area contributed by atoms with Crippen LogP contribution in [0.15, 0.2) is 46.3 Å². The average Bonchev–Trinajstić information content (AvgIpc) is 2.82. The van der Waals surface area contributed by atoms with Crippen LogP contribution in [-0.4, -0.2) is 46.9 Å². The molecule has 0 aliphatic rings. The lowest BCUT2D eigenvalue weighted by Gasteiger charge is -2.14. The maximum atomic E-state index is 13.0. The Kier molecular flexibility index (Phi) is 9.45. The summed E-state index contributed by atoms with van der Waals surface area (Å²) in [6.07, 6.45) is 0.658. The number of hydrogen-bond acceptors (Lipinski definition) is 6. The SMILES string of the molecule is CCOCCCn1c(SCC(=O)NCC(=O)Nc2c(C)cc(C)cc2C)nc2ccccc2c1=O. The Morgan fingerprint density at radius 1 is 1.09 bits per heavy atom. The van der Waals surface area contributed by atoms with Crippen LogP contribution in [0.4, 0.5) is 5.69 Å². The van der Waals surface area contributed by atoms with Crippen LogP contribution in [0.3, 0.4) is 0 Å². The van der Waals surface area contributed by atoms with Crippen molar-refractivity contribution in [3.8, 4) is 0 Å². The van der Waals surface area contributed by atoms with Gasteiger partial charge < -0.3 is 15.4 Å². The molecular formula is C26H32N4O4S. The molecule has 2 aromatic carbocycles. The van der Waals surface area contributed by atoms with Gasteiger partial charge in [0.25, 0.3) is 5.56 Å². The zero-order valence-corrected chi connectivity index (χ0v) is 21.5. The van der Waals surface area contributed by atoms with Crippen LogP contribution >= 0.6 is 11.8 Å². The monoisotopic (exact) mass is 496 g/mol. The van der Waals surface area contributed by atoms with E-state index in [0.717, 1.165) is 22.4 Å². The molecule has 0 bridgehead atoms. The summed E-state index contributed by atoms with van der Waals surface area (Å²) >= 11 is 1.18. The van der Waals surface area contributed by atoms with Gasteiger partial charge in [0.2, 0.25) is 11.8 Å². The number of ether oxygens (including phenoxy) is 1. The highest BCUT2D eigenvalue weighted by atomic mass is 32.2. The zero-order chi connectivity index (χ0) is 25.4. The second-order valence-corrected chi connectivity index (χ2v) is 9.25. The molecule has 0 radical (unpaired) electrons. The van der Waals surface area contributed by atoms with Crippen molar-refractivity contribution < 1.29 is 14.3 Å². The van der Waals surface area contributed by atoms with Gasteiger partial charge in [-0.25, -0.2) is 4.98 Å². The molecule has 1 heterocycles. The number of nitrogens with zero attached hydrogens (tertiary/aromatic N) is 2. The Bertz CT molecular complexity index is 1250. The Morgan fingerprint density at radius 3 is 2.51 bits per heavy atom. The second kappa shape index (κ2) is 12.5. The first-order chi connectivity index (χ1) is 16.8. The first kappa shape index (κ1) is 26.4. The topological polar surface area (TPSA) is 102 Å². The summed E-state index contributed by atoms with van der Waals surface area (Å²) < 4.78 is 6.99. The normalized spacial score (nSPS) is 11.0. The second-order valence-electron chi connectivity index (χ2n) is 8.31. The third kappa shape index (κ3) is 7.16. The number of fused-ring (bicyclic) bond motifs is 1. The molecule has 0 unspecified atom stereocenters. The smallest absolute Gasteiger partial charge is 0.262 e. The highest BCUT2D eigenvalue weighted by molar-refractivity contribution is 7.99. The number of carbonyl (C=O) groups is 2. The number of anilines is 1. The Hall–Kier alpha value is -3.17. The Labute approximate surface area is 209 Å². The maximum absolute atomic E-state index is 13.0. The van der Waals surface area contributed by atoms with Crippen molar-refractivity contribution in [2.24, 2.45) is 0 Å². The summed E-state index contributed by atoms with van der Waals surface area (Å²) in [6.45, 7) is 9.26. The quantitative estimate of drug-likeness (QED) is 0.239. The number of aryl methyl sites for hydroxylation is 3. The van der Waals surface area contributed by atoms with E-state index in [9.17, 15) is 14.4 Å². The number of para-hydroxylation sites is 1. The Balaban J connectivity index is 1.62. The van der Waals surface area contributed by atoms with Crippen LogP contribution in [0.5, 0.6) is 0 Å². The molecule has 3 rings (SSSR count). The van der Waals surface area contributed by atoms with E-state index in [2.05, 4.69) is 15.6 Å². The van der Waals surface area contributed by atoms with Gasteiger partial charge in [0.1, 0.15) is 0 Å². The van der Waals surface area contributed by atoms with Gasteiger partial charge in [0.15, 0.2) is 5.16 Å². The molecule has 8 nitrogen and oxygen atoms in total. The van der Waals surface area contributed by atoms with Gasteiger partial charge in [0.05, 0.1) is 23.2 Å². The van der Waals surface area contributed by atoms with Crippen LogP contribution < -0.4 is 16.2 Å². The molecule has 9 heteroatoms. The third-order valence-corrected chi connectivity index (χ3v) is 6.40. The molecule has 3 aromatic rings. The van der Waals surface area contributed by atoms with Crippen molar-refractivity contribution in [3.63, 3.8) is 0 Å². The van der Waals surface area contributed by atoms with Gasteiger partial charge in [-0.05, 0) is 57.4 Å². The largest absolute Gasteiger partial charge is 0.382 e. The van der Waals surface area contributed by atoms with E-state index in [1.807, 2.05) is 45.9 Å². The predicted molar refractivity (Wildman–Crippen MR) is 140 cm³/mol. The number of carbonyl (C=O) groups excluding carboxylic acids is 2. The number of aromatic nitrogens is 2. The molecule has 0 saturated carbocycles. The van der Waals surface area contributed by atoms with Crippen LogP contribution in [0, 0.1) is 20.8 Å². The standard InChI is InChI=1S/C26H32N4O4S/c1-5-34-12-8-11-30-25(33)20-9-6-7-10-21(20)28-26(30)35-16-23(32)27-15-22(31)29-24-18(3)13-17(2)14-19(24)4/h6-7,9-10,13-14H,5,8,11-12,15-16H2,1-4H3,(H,27,32)(H,29,31). The summed E-state index contributed by atoms with van der Waals surface area (Å²) in [5.74, 6) is -0.576. The number of amides is 2. The lowest BCUT2D eigenvalue weighted by atomic mass is 10.1. The van der Waals surface area contributed by atoms with Crippen LogP contribution in [-0.2, 0) is 20.9 Å². The van der Waals surface area contributed by atoms with Crippen molar-refractivity contribution >= 4 is 40.2 Å². The summed E-state index contributed by atoms with van der Waals surface area (Å²) in [7, 11) is 0. The molecule has 0 atom stereocenters. The molecule has 0 aliphatic carbocycles. The highest BCUT2D eigenvalue weighted by Gasteiger charge is 2.14. The lowest BCUT2D eigenvalue weighted by molar-refractivity contribution is -0.122.